The van der Waals surface area contributed by atoms with Crippen molar-refractivity contribution in [3.8, 4) is 0 Å². The highest BCUT2D eigenvalue weighted by atomic mass is 16.1. The lowest BCUT2D eigenvalue weighted by molar-refractivity contribution is 0.0954. The first-order chi connectivity index (χ1) is 9.74. The van der Waals surface area contributed by atoms with E-state index in [0.29, 0.717) is 12.1 Å². The molecular weight excluding hydrogens is 250 g/mol. The number of amides is 1. The Morgan fingerprint density at radius 1 is 1.20 bits per heavy atom. The topological polar surface area (TPSA) is 54.9 Å². The number of carbonyl (C=O) groups excluding carboxylic acids is 1. The van der Waals surface area contributed by atoms with Crippen molar-refractivity contribution < 1.29 is 4.79 Å². The summed E-state index contributed by atoms with van der Waals surface area (Å²) in [5, 5.41) is 11.6. The van der Waals surface area contributed by atoms with Crippen LogP contribution in [0.15, 0.2) is 30.5 Å². The van der Waals surface area contributed by atoms with E-state index in [9.17, 15) is 4.79 Å². The molecule has 2 rings (SSSR count). The molecule has 1 aromatic heterocycles. The molecule has 0 saturated carbocycles. The quantitative estimate of drug-likeness (QED) is 0.866. The van der Waals surface area contributed by atoms with E-state index in [-0.39, 0.29) is 5.91 Å². The molecule has 0 atom stereocenters. The number of unbranched alkanes of at least 4 members (excludes halogenated alkanes) is 1. The lowest BCUT2D eigenvalue weighted by Gasteiger charge is -2.06. The summed E-state index contributed by atoms with van der Waals surface area (Å²) in [6, 6.07) is 7.52. The van der Waals surface area contributed by atoms with Crippen molar-refractivity contribution in [2.75, 3.05) is 6.54 Å². The predicted octanol–water partition coefficient (Wildman–Crippen LogP) is 3.58. The third kappa shape index (κ3) is 4.61. The predicted molar refractivity (Wildman–Crippen MR) is 82.7 cm³/mol. The van der Waals surface area contributed by atoms with Gasteiger partial charge in [-0.15, -0.1) is 0 Å². The lowest BCUT2D eigenvalue weighted by atomic mass is 10.1. The Balaban J connectivity index is 0.000000612. The Kier molecular flexibility index (Phi) is 7.25. The van der Waals surface area contributed by atoms with Gasteiger partial charge in [-0.1, -0.05) is 51.8 Å². The highest BCUT2D eigenvalue weighted by Crippen LogP contribution is 2.14. The van der Waals surface area contributed by atoms with E-state index in [1.165, 1.54) is 12.6 Å². The molecule has 1 aromatic carbocycles. The third-order valence-electron chi connectivity index (χ3n) is 2.61. The molecule has 0 aliphatic carbocycles. The van der Waals surface area contributed by atoms with Gasteiger partial charge in [0.25, 0.3) is 5.91 Å². The maximum absolute atomic E-state index is 12.0. The number of nitrogens with one attached hydrogen (secondary N) is 1. The molecule has 1 N–H and O–H groups in total. The van der Waals surface area contributed by atoms with Gasteiger partial charge in [-0.25, -0.2) is 0 Å². The maximum Gasteiger partial charge on any atom is 0.253 e. The summed E-state index contributed by atoms with van der Waals surface area (Å²) in [4.78, 5) is 12.0. The summed E-state index contributed by atoms with van der Waals surface area (Å²) in [6.07, 6.45) is 4.82. The highest BCUT2D eigenvalue weighted by Gasteiger charge is 2.09. The molecule has 4 nitrogen and oxygen atoms in total. The minimum atomic E-state index is -0.0791. The summed E-state index contributed by atoms with van der Waals surface area (Å²) in [7, 11) is 0. The second-order valence-corrected chi connectivity index (χ2v) is 4.59. The molecular formula is C16H23N3O. The fourth-order valence-corrected chi connectivity index (χ4v) is 1.66. The van der Waals surface area contributed by atoms with E-state index < -0.39 is 0 Å². The van der Waals surface area contributed by atoms with Crippen LogP contribution in [0.3, 0.4) is 0 Å². The van der Waals surface area contributed by atoms with E-state index in [0.717, 1.165) is 23.7 Å². The summed E-state index contributed by atoms with van der Waals surface area (Å²) in [6.45, 7) is 7.04. The monoisotopic (exact) mass is 273 g/mol. The molecule has 0 radical (unpaired) electrons. The van der Waals surface area contributed by atoms with E-state index >= 15 is 0 Å². The van der Waals surface area contributed by atoms with Gasteiger partial charge in [0.15, 0.2) is 0 Å². The molecule has 0 unspecified atom stereocenters. The van der Waals surface area contributed by atoms with Crippen LogP contribution in [0.25, 0.3) is 10.9 Å². The van der Waals surface area contributed by atoms with E-state index in [1.54, 1.807) is 0 Å². The van der Waals surface area contributed by atoms with Crippen LogP contribution >= 0.6 is 0 Å². The summed E-state index contributed by atoms with van der Waals surface area (Å²) in [5.74, 6) is -0.0791. The van der Waals surface area contributed by atoms with Crippen LogP contribution < -0.4 is 5.32 Å². The van der Waals surface area contributed by atoms with Crippen LogP contribution in [-0.2, 0) is 0 Å². The van der Waals surface area contributed by atoms with Crippen LogP contribution in [0.4, 0.5) is 0 Å². The van der Waals surface area contributed by atoms with E-state index in [1.807, 2.05) is 24.3 Å². The van der Waals surface area contributed by atoms with Crippen LogP contribution in [0.1, 0.15) is 50.4 Å². The average Bonchev–Trinajstić information content (AvgIpc) is 2.47. The second-order valence-electron chi connectivity index (χ2n) is 4.59. The zero-order valence-corrected chi connectivity index (χ0v) is 12.5. The van der Waals surface area contributed by atoms with Gasteiger partial charge in [0.1, 0.15) is 0 Å². The lowest BCUT2D eigenvalue weighted by Crippen LogP contribution is -2.24. The molecule has 4 heteroatoms. The SMILES string of the molecule is CCC.CCCCNC(=O)c1cnnc2ccccc12. The number of hydrogen-bond acceptors (Lipinski definition) is 3. The Morgan fingerprint density at radius 2 is 1.90 bits per heavy atom. The van der Waals surface area contributed by atoms with Crippen molar-refractivity contribution >= 4 is 16.8 Å². The molecule has 1 amide bonds. The molecule has 2 aromatic rings. The average molecular weight is 273 g/mol. The molecule has 0 spiro atoms. The van der Waals surface area contributed by atoms with E-state index in [2.05, 4.69) is 36.3 Å². The van der Waals surface area contributed by atoms with Crippen molar-refractivity contribution in [1.82, 2.24) is 15.5 Å². The number of benzene rings is 1. The van der Waals surface area contributed by atoms with Crippen molar-refractivity contribution in [2.24, 2.45) is 0 Å². The molecule has 0 saturated heterocycles. The summed E-state index contributed by atoms with van der Waals surface area (Å²) < 4.78 is 0. The Hall–Kier alpha value is -1.97. The number of rotatable bonds is 4. The number of nitrogens with zero attached hydrogens (tertiary/aromatic N) is 2. The van der Waals surface area contributed by atoms with Gasteiger partial charge in [-0.2, -0.15) is 10.2 Å². The number of fused-ring (bicyclic) bond motifs is 1. The van der Waals surface area contributed by atoms with Crippen molar-refractivity contribution in [3.63, 3.8) is 0 Å². The zero-order valence-electron chi connectivity index (χ0n) is 12.5. The molecule has 108 valence electrons. The van der Waals surface area contributed by atoms with Gasteiger partial charge < -0.3 is 5.32 Å². The number of aromatic nitrogens is 2. The number of hydrogen-bond donors (Lipinski definition) is 1. The summed E-state index contributed by atoms with van der Waals surface area (Å²) in [5.41, 5.74) is 1.34. The first-order valence-electron chi connectivity index (χ1n) is 7.23. The van der Waals surface area contributed by atoms with Gasteiger partial charge in [0.2, 0.25) is 0 Å². The Bertz CT molecular complexity index is 535. The molecule has 1 heterocycles. The van der Waals surface area contributed by atoms with Gasteiger partial charge in [-0.3, -0.25) is 4.79 Å². The van der Waals surface area contributed by atoms with Gasteiger partial charge in [0, 0.05) is 11.9 Å². The number of carbonyl (C=O) groups is 1. The fourth-order valence-electron chi connectivity index (χ4n) is 1.66. The Labute approximate surface area is 120 Å². The summed E-state index contributed by atoms with van der Waals surface area (Å²) >= 11 is 0. The van der Waals surface area contributed by atoms with Crippen molar-refractivity contribution in [2.45, 2.75) is 40.0 Å². The molecule has 20 heavy (non-hydrogen) atoms. The standard InChI is InChI=1S/C13H15N3O.C3H8/c1-2-3-8-14-13(17)11-9-15-16-12-7-5-4-6-10(11)12;1-3-2/h4-7,9H,2-3,8H2,1H3,(H,14,17);3H2,1-2H3. The highest BCUT2D eigenvalue weighted by molar-refractivity contribution is 6.05. The van der Waals surface area contributed by atoms with Crippen LogP contribution in [0.5, 0.6) is 0 Å². The van der Waals surface area contributed by atoms with E-state index in [4.69, 9.17) is 0 Å². The molecule has 0 bridgehead atoms. The first kappa shape index (κ1) is 16.1. The van der Waals surface area contributed by atoms with Crippen LogP contribution in [-0.4, -0.2) is 22.6 Å². The van der Waals surface area contributed by atoms with Crippen LogP contribution in [0.2, 0.25) is 0 Å². The van der Waals surface area contributed by atoms with Gasteiger partial charge in [0.05, 0.1) is 17.3 Å². The molecule has 0 fully saturated rings. The second kappa shape index (κ2) is 9.02. The third-order valence-corrected chi connectivity index (χ3v) is 2.61. The normalized spacial score (nSPS) is 9.75. The zero-order chi connectivity index (χ0) is 14.8. The molecule has 0 aliphatic heterocycles. The van der Waals surface area contributed by atoms with Gasteiger partial charge in [-0.05, 0) is 12.5 Å². The van der Waals surface area contributed by atoms with Crippen molar-refractivity contribution in [3.05, 3.63) is 36.0 Å². The minimum Gasteiger partial charge on any atom is -0.352 e. The first-order valence-corrected chi connectivity index (χ1v) is 7.23. The van der Waals surface area contributed by atoms with Crippen LogP contribution in [0, 0.1) is 0 Å². The smallest absolute Gasteiger partial charge is 0.253 e. The maximum atomic E-state index is 12.0. The van der Waals surface area contributed by atoms with Gasteiger partial charge >= 0.3 is 0 Å². The van der Waals surface area contributed by atoms with Crippen molar-refractivity contribution in [1.29, 1.82) is 0 Å². The minimum absolute atomic E-state index is 0.0791. The molecule has 0 aliphatic rings. The fraction of sp³-hybridized carbons (Fsp3) is 0.438. The Morgan fingerprint density at radius 3 is 2.60 bits per heavy atom. The largest absolute Gasteiger partial charge is 0.352 e.